The van der Waals surface area contributed by atoms with Crippen molar-refractivity contribution in [2.75, 3.05) is 14.1 Å². The number of carbonyl (C=O) groups is 2. The van der Waals surface area contributed by atoms with Crippen LogP contribution in [-0.4, -0.2) is 60.8 Å². The van der Waals surface area contributed by atoms with Crippen LogP contribution < -0.4 is 10.6 Å². The lowest BCUT2D eigenvalue weighted by Crippen LogP contribution is -2.31. The van der Waals surface area contributed by atoms with Crippen molar-refractivity contribution in [3.63, 3.8) is 0 Å². The number of hydrogen-bond acceptors (Lipinski definition) is 14. The molecule has 58 heavy (non-hydrogen) atoms. The highest BCUT2D eigenvalue weighted by Crippen LogP contribution is 2.34. The molecule has 0 spiro atoms. The van der Waals surface area contributed by atoms with Gasteiger partial charge in [0, 0.05) is 23.5 Å². The van der Waals surface area contributed by atoms with E-state index in [-0.39, 0.29) is 32.3 Å². The highest BCUT2D eigenvalue weighted by molar-refractivity contribution is 7.90. The Kier molecular flexibility index (Phi) is 10.5. The van der Waals surface area contributed by atoms with E-state index in [1.165, 1.54) is 61.3 Å². The molecule has 2 atom stereocenters. The monoisotopic (exact) mass is 852 g/mol. The second kappa shape index (κ2) is 15.7. The molecule has 294 valence electrons. The first-order valence-electron chi connectivity index (χ1n) is 17.5. The quantitative estimate of drug-likeness (QED) is 0.0771. The number of carbonyl (C=O) groups excluding carboxylic acids is 2. The maximum atomic E-state index is 14.1. The third-order valence-corrected chi connectivity index (χ3v) is 14.1. The SMILES string of the molecule is CNC(OC(=O)C(=O)OC(NC)c1cc(-c2ccccc2)n(S(=O)(=O)c2ccc3ncsc3c2)c1)c1cc(-c2ccccc2)n(S(=O)(=O)c2ccc3ncsc3c2)c1. The maximum absolute atomic E-state index is 14.1. The Morgan fingerprint density at radius 1 is 0.586 bits per heavy atom. The number of fused-ring (bicyclic) bond motifs is 2. The van der Waals surface area contributed by atoms with Crippen molar-refractivity contribution in [2.45, 2.75) is 22.2 Å². The molecule has 2 N–H and O–H groups in total. The van der Waals surface area contributed by atoms with Crippen molar-refractivity contribution >= 4 is 75.1 Å². The number of benzene rings is 4. The van der Waals surface area contributed by atoms with E-state index in [9.17, 15) is 26.4 Å². The number of nitrogens with zero attached hydrogens (tertiary/aromatic N) is 4. The lowest BCUT2D eigenvalue weighted by molar-refractivity contribution is -0.176. The van der Waals surface area contributed by atoms with Crippen LogP contribution in [0.2, 0.25) is 0 Å². The zero-order chi connectivity index (χ0) is 40.6. The normalized spacial score (nSPS) is 13.1. The van der Waals surface area contributed by atoms with Gasteiger partial charge in [0.05, 0.1) is 52.6 Å². The van der Waals surface area contributed by atoms with Gasteiger partial charge in [0.2, 0.25) is 0 Å². The van der Waals surface area contributed by atoms with Gasteiger partial charge in [0.25, 0.3) is 20.0 Å². The van der Waals surface area contributed by atoms with Crippen LogP contribution >= 0.6 is 22.7 Å². The van der Waals surface area contributed by atoms with E-state index in [2.05, 4.69) is 20.6 Å². The van der Waals surface area contributed by atoms with E-state index >= 15 is 0 Å². The fourth-order valence-corrected chi connectivity index (χ4v) is 10.8. The lowest BCUT2D eigenvalue weighted by atomic mass is 10.1. The van der Waals surface area contributed by atoms with E-state index in [1.807, 2.05) is 0 Å². The number of hydrogen-bond donors (Lipinski definition) is 2. The molecule has 4 aromatic heterocycles. The van der Waals surface area contributed by atoms with Crippen LogP contribution in [0.5, 0.6) is 0 Å². The van der Waals surface area contributed by atoms with Crippen molar-refractivity contribution in [1.29, 1.82) is 0 Å². The highest BCUT2D eigenvalue weighted by atomic mass is 32.2. The average molecular weight is 853 g/mol. The van der Waals surface area contributed by atoms with Crippen LogP contribution in [0.15, 0.2) is 142 Å². The molecule has 2 unspecified atom stereocenters. The Labute approximate surface area is 340 Å². The largest absolute Gasteiger partial charge is 0.434 e. The summed E-state index contributed by atoms with van der Waals surface area (Å²) < 4.78 is 71.3. The van der Waals surface area contributed by atoms with Crippen molar-refractivity contribution in [3.8, 4) is 22.5 Å². The Morgan fingerprint density at radius 3 is 1.36 bits per heavy atom. The third-order valence-electron chi connectivity index (χ3n) is 9.22. The molecule has 0 bridgehead atoms. The van der Waals surface area contributed by atoms with Gasteiger partial charge in [-0.2, -0.15) is 0 Å². The number of rotatable bonds is 12. The predicted molar refractivity (Wildman–Crippen MR) is 220 cm³/mol. The number of aromatic nitrogens is 4. The van der Waals surface area contributed by atoms with Crippen LogP contribution in [0.3, 0.4) is 0 Å². The molecule has 0 saturated carbocycles. The summed E-state index contributed by atoms with van der Waals surface area (Å²) in [4.78, 5) is 35.3. The molecule has 18 heteroatoms. The summed E-state index contributed by atoms with van der Waals surface area (Å²) in [5, 5.41) is 5.65. The van der Waals surface area contributed by atoms with Crippen LogP contribution in [0.4, 0.5) is 0 Å². The van der Waals surface area contributed by atoms with E-state index < -0.39 is 44.4 Å². The van der Waals surface area contributed by atoms with E-state index in [1.54, 1.807) is 108 Å². The van der Waals surface area contributed by atoms with E-state index in [4.69, 9.17) is 9.47 Å². The first-order valence-corrected chi connectivity index (χ1v) is 22.1. The zero-order valence-electron chi connectivity index (χ0n) is 30.5. The summed E-state index contributed by atoms with van der Waals surface area (Å²) in [5.74, 6) is -2.78. The minimum Gasteiger partial charge on any atom is -0.434 e. The molecule has 8 rings (SSSR count). The van der Waals surface area contributed by atoms with Gasteiger partial charge in [-0.25, -0.2) is 44.3 Å². The van der Waals surface area contributed by atoms with Gasteiger partial charge < -0.3 is 9.47 Å². The number of ether oxygens (including phenoxy) is 2. The molecule has 4 aromatic carbocycles. The smallest absolute Gasteiger partial charge is 0.419 e. The second-order valence-electron chi connectivity index (χ2n) is 12.8. The van der Waals surface area contributed by atoms with Gasteiger partial charge in [-0.3, -0.25) is 10.6 Å². The molecule has 0 fully saturated rings. The summed E-state index contributed by atoms with van der Waals surface area (Å²) in [5.41, 5.74) is 6.76. The Morgan fingerprint density at radius 2 is 0.983 bits per heavy atom. The van der Waals surface area contributed by atoms with Gasteiger partial charge in [-0.05, 0) is 73.8 Å². The molecule has 0 aliphatic heterocycles. The molecule has 8 aromatic rings. The van der Waals surface area contributed by atoms with E-state index in [0.717, 1.165) is 7.94 Å². The lowest BCUT2D eigenvalue weighted by Gasteiger charge is -2.18. The molecule has 0 saturated heterocycles. The standard InChI is InChI=1S/C40H32N6O8S4/c1-41-37(27-17-33(25-9-5-3-6-10-25)45(21-27)57(49,50)29-13-15-31-35(19-29)55-23-43-31)53-39(47)40(48)54-38(42-2)28-18-34(26-11-7-4-8-12-26)46(22-28)58(51,52)30-14-16-32-36(20-30)56-24-44-32/h3-24,37-38,41-42H,1-2H3. The van der Waals surface area contributed by atoms with Crippen molar-refractivity contribution in [3.05, 3.63) is 144 Å². The Bertz CT molecular complexity index is 2830. The summed E-state index contributed by atoms with van der Waals surface area (Å²) in [7, 11) is -5.40. The van der Waals surface area contributed by atoms with Crippen molar-refractivity contribution < 1.29 is 35.9 Å². The summed E-state index contributed by atoms with van der Waals surface area (Å²) in [6, 6.07) is 30.0. The molecule has 14 nitrogen and oxygen atoms in total. The fraction of sp³-hybridized carbons (Fsp3) is 0.100. The zero-order valence-corrected chi connectivity index (χ0v) is 33.8. The van der Waals surface area contributed by atoms with Gasteiger partial charge in [-0.15, -0.1) is 22.7 Å². The summed E-state index contributed by atoms with van der Waals surface area (Å²) >= 11 is 2.62. The van der Waals surface area contributed by atoms with Gasteiger partial charge >= 0.3 is 11.9 Å². The highest BCUT2D eigenvalue weighted by Gasteiger charge is 2.31. The second-order valence-corrected chi connectivity index (χ2v) is 18.2. The molecular weight excluding hydrogens is 821 g/mol. The average Bonchev–Trinajstić information content (AvgIpc) is 4.08. The Hall–Kier alpha value is -6.02. The van der Waals surface area contributed by atoms with Gasteiger partial charge in [0.1, 0.15) is 0 Å². The first-order chi connectivity index (χ1) is 28.0. The Balaban J connectivity index is 1.07. The van der Waals surface area contributed by atoms with Crippen LogP contribution in [0.1, 0.15) is 23.6 Å². The van der Waals surface area contributed by atoms with Crippen LogP contribution in [0, 0.1) is 0 Å². The summed E-state index contributed by atoms with van der Waals surface area (Å²) in [6.45, 7) is 0. The molecule has 4 heterocycles. The number of nitrogens with one attached hydrogen (secondary N) is 2. The molecular formula is C40H32N6O8S4. The number of esters is 2. The molecule has 0 aliphatic rings. The number of thiazole rings is 2. The van der Waals surface area contributed by atoms with Crippen molar-refractivity contribution in [2.24, 2.45) is 0 Å². The molecule has 0 amide bonds. The van der Waals surface area contributed by atoms with E-state index in [0.29, 0.717) is 31.6 Å². The minimum absolute atomic E-state index is 0.0289. The van der Waals surface area contributed by atoms with Crippen LogP contribution in [-0.2, 0) is 39.1 Å². The van der Waals surface area contributed by atoms with Gasteiger partial charge in [-0.1, -0.05) is 60.7 Å². The first kappa shape index (κ1) is 38.8. The van der Waals surface area contributed by atoms with Crippen LogP contribution in [0.25, 0.3) is 42.9 Å². The maximum Gasteiger partial charge on any atom is 0.419 e. The minimum atomic E-state index is -4.18. The molecule has 0 radical (unpaired) electrons. The van der Waals surface area contributed by atoms with Crippen molar-refractivity contribution in [1.82, 2.24) is 28.5 Å². The van der Waals surface area contributed by atoms with Gasteiger partial charge in [0.15, 0.2) is 12.5 Å². The third kappa shape index (κ3) is 7.32. The summed E-state index contributed by atoms with van der Waals surface area (Å²) in [6.07, 6.45) is 0.0720. The predicted octanol–water partition coefficient (Wildman–Crippen LogP) is 6.54. The molecule has 0 aliphatic carbocycles. The fourth-order valence-electron chi connectivity index (χ4n) is 6.37. The topological polar surface area (TPSA) is 181 Å².